The zero-order valence-corrected chi connectivity index (χ0v) is 12.7. The second-order valence-corrected chi connectivity index (χ2v) is 7.66. The molecule has 0 radical (unpaired) electrons. The van der Waals surface area contributed by atoms with E-state index in [-0.39, 0.29) is 0 Å². The minimum Gasteiger partial charge on any atom is -0.333 e. The van der Waals surface area contributed by atoms with Crippen molar-refractivity contribution >= 4 is 38.1 Å². The highest BCUT2D eigenvalue weighted by atomic mass is 33.1. The SMILES string of the molecule is S=C1SSC=CN1CCCCC1CCCCC1. The van der Waals surface area contributed by atoms with E-state index < -0.39 is 0 Å². The fraction of sp³-hybridized carbons (Fsp3) is 0.769. The van der Waals surface area contributed by atoms with Crippen LogP contribution in [0.25, 0.3) is 0 Å². The van der Waals surface area contributed by atoms with Crippen LogP contribution in [-0.2, 0) is 0 Å². The fourth-order valence-corrected chi connectivity index (χ4v) is 4.57. The first-order valence-electron chi connectivity index (χ1n) is 6.67. The van der Waals surface area contributed by atoms with Crippen LogP contribution in [0.3, 0.4) is 0 Å². The zero-order chi connectivity index (χ0) is 11.9. The molecule has 0 spiro atoms. The molecule has 2 rings (SSSR count). The lowest BCUT2D eigenvalue weighted by Crippen LogP contribution is -2.23. The largest absolute Gasteiger partial charge is 0.333 e. The number of rotatable bonds is 5. The summed E-state index contributed by atoms with van der Waals surface area (Å²) < 4.78 is 1.02. The first-order valence-corrected chi connectivity index (χ1v) is 9.29. The Morgan fingerprint density at radius 2 is 2.06 bits per heavy atom. The van der Waals surface area contributed by atoms with Crippen LogP contribution in [0.2, 0.25) is 0 Å². The van der Waals surface area contributed by atoms with Gasteiger partial charge in [-0.1, -0.05) is 68.0 Å². The summed E-state index contributed by atoms with van der Waals surface area (Å²) in [5.74, 6) is 1.03. The lowest BCUT2D eigenvalue weighted by Gasteiger charge is -2.24. The quantitative estimate of drug-likeness (QED) is 0.389. The van der Waals surface area contributed by atoms with Gasteiger partial charge in [0.2, 0.25) is 0 Å². The normalized spacial score (nSPS) is 22.1. The molecule has 0 bridgehead atoms. The molecule has 2 aliphatic rings. The highest BCUT2D eigenvalue weighted by Gasteiger charge is 2.14. The molecule has 0 N–H and O–H groups in total. The van der Waals surface area contributed by atoms with Crippen LogP contribution in [0.15, 0.2) is 11.6 Å². The Morgan fingerprint density at radius 1 is 1.24 bits per heavy atom. The predicted octanol–water partition coefficient (Wildman–Crippen LogP) is 5.19. The van der Waals surface area contributed by atoms with Crippen LogP contribution in [0.4, 0.5) is 0 Å². The second-order valence-electron chi connectivity index (χ2n) is 4.92. The Labute approximate surface area is 118 Å². The van der Waals surface area contributed by atoms with Gasteiger partial charge in [-0.2, -0.15) is 0 Å². The van der Waals surface area contributed by atoms with E-state index in [2.05, 4.69) is 16.5 Å². The molecule has 0 aromatic heterocycles. The average molecular weight is 288 g/mol. The van der Waals surface area contributed by atoms with Crippen molar-refractivity contribution in [2.75, 3.05) is 6.54 Å². The molecule has 17 heavy (non-hydrogen) atoms. The maximum absolute atomic E-state index is 5.32. The van der Waals surface area contributed by atoms with Crippen LogP contribution in [0.5, 0.6) is 0 Å². The van der Waals surface area contributed by atoms with Crippen molar-refractivity contribution < 1.29 is 0 Å². The molecule has 1 fully saturated rings. The van der Waals surface area contributed by atoms with Gasteiger partial charge in [0.05, 0.1) is 0 Å². The highest BCUT2D eigenvalue weighted by Crippen LogP contribution is 2.31. The van der Waals surface area contributed by atoms with Crippen LogP contribution >= 0.6 is 33.8 Å². The smallest absolute Gasteiger partial charge is 0.151 e. The summed E-state index contributed by atoms with van der Waals surface area (Å²) in [4.78, 5) is 2.22. The molecule has 1 heterocycles. The van der Waals surface area contributed by atoms with Crippen LogP contribution in [0, 0.1) is 5.92 Å². The number of hydrogen-bond donors (Lipinski definition) is 0. The van der Waals surface area contributed by atoms with E-state index in [1.165, 1.54) is 51.4 Å². The average Bonchev–Trinajstić information content (AvgIpc) is 2.38. The van der Waals surface area contributed by atoms with Crippen molar-refractivity contribution in [2.45, 2.75) is 51.4 Å². The lowest BCUT2D eigenvalue weighted by atomic mass is 9.86. The van der Waals surface area contributed by atoms with Crippen molar-refractivity contribution in [1.29, 1.82) is 0 Å². The molecule has 4 heteroatoms. The van der Waals surface area contributed by atoms with Crippen molar-refractivity contribution in [3.63, 3.8) is 0 Å². The van der Waals surface area contributed by atoms with Gasteiger partial charge in [-0.05, 0) is 28.5 Å². The van der Waals surface area contributed by atoms with Crippen molar-refractivity contribution in [1.82, 2.24) is 4.90 Å². The fourth-order valence-electron chi connectivity index (χ4n) is 2.63. The Hall–Kier alpha value is 0.330. The van der Waals surface area contributed by atoms with E-state index in [0.29, 0.717) is 0 Å². The molecule has 0 aromatic rings. The van der Waals surface area contributed by atoms with Crippen molar-refractivity contribution in [3.05, 3.63) is 11.6 Å². The molecule has 0 atom stereocenters. The third-order valence-electron chi connectivity index (χ3n) is 3.64. The van der Waals surface area contributed by atoms with E-state index in [1.54, 1.807) is 21.6 Å². The Balaban J connectivity index is 1.57. The maximum Gasteiger partial charge on any atom is 0.151 e. The van der Waals surface area contributed by atoms with Crippen molar-refractivity contribution in [3.8, 4) is 0 Å². The van der Waals surface area contributed by atoms with E-state index >= 15 is 0 Å². The van der Waals surface area contributed by atoms with E-state index in [0.717, 1.165) is 16.8 Å². The van der Waals surface area contributed by atoms with Crippen LogP contribution in [0.1, 0.15) is 51.4 Å². The number of nitrogens with zero attached hydrogens (tertiary/aromatic N) is 1. The molecule has 0 unspecified atom stereocenters. The third-order valence-corrected chi connectivity index (χ3v) is 6.24. The zero-order valence-electron chi connectivity index (χ0n) is 10.3. The molecule has 0 amide bonds. The number of thiocarbonyl (C=S) groups is 1. The summed E-state index contributed by atoms with van der Waals surface area (Å²) in [5, 5.41) is 2.13. The van der Waals surface area contributed by atoms with Gasteiger partial charge < -0.3 is 4.90 Å². The van der Waals surface area contributed by atoms with E-state index in [4.69, 9.17) is 12.2 Å². The van der Waals surface area contributed by atoms with E-state index in [9.17, 15) is 0 Å². The number of unbranched alkanes of at least 4 members (excludes halogenated alkanes) is 1. The molecule has 0 aromatic carbocycles. The molecule has 1 saturated carbocycles. The number of hydrogen-bond acceptors (Lipinski definition) is 3. The molecule has 0 saturated heterocycles. The van der Waals surface area contributed by atoms with Gasteiger partial charge in [0, 0.05) is 12.7 Å². The lowest BCUT2D eigenvalue weighted by molar-refractivity contribution is 0.326. The van der Waals surface area contributed by atoms with Crippen LogP contribution in [-0.4, -0.2) is 15.8 Å². The first kappa shape index (κ1) is 13.8. The highest BCUT2D eigenvalue weighted by molar-refractivity contribution is 8.84. The summed E-state index contributed by atoms with van der Waals surface area (Å²) in [6, 6.07) is 0. The summed E-state index contributed by atoms with van der Waals surface area (Å²) >= 11 is 5.32. The van der Waals surface area contributed by atoms with E-state index in [1.807, 2.05) is 0 Å². The van der Waals surface area contributed by atoms with Gasteiger partial charge in [0.25, 0.3) is 0 Å². The Bertz CT molecular complexity index is 272. The maximum atomic E-state index is 5.32. The molecule has 96 valence electrons. The molecular weight excluding hydrogens is 266 g/mol. The standard InChI is InChI=1S/C13H21NS3/c15-13-14(10-11-16-17-13)9-5-4-8-12-6-2-1-3-7-12/h10-12H,1-9H2. The summed E-state index contributed by atoms with van der Waals surface area (Å²) in [6.07, 6.45) is 13.6. The van der Waals surface area contributed by atoms with Gasteiger partial charge in [-0.3, -0.25) is 0 Å². The van der Waals surface area contributed by atoms with Gasteiger partial charge in [0.1, 0.15) is 0 Å². The summed E-state index contributed by atoms with van der Waals surface area (Å²) in [7, 11) is 3.42. The van der Waals surface area contributed by atoms with Gasteiger partial charge in [-0.25, -0.2) is 0 Å². The van der Waals surface area contributed by atoms with Gasteiger partial charge in [-0.15, -0.1) is 0 Å². The molecule has 1 aliphatic heterocycles. The van der Waals surface area contributed by atoms with Gasteiger partial charge in [0.15, 0.2) is 4.32 Å². The first-order chi connectivity index (χ1) is 8.36. The Morgan fingerprint density at radius 3 is 2.82 bits per heavy atom. The monoisotopic (exact) mass is 287 g/mol. The molecule has 1 nitrogen and oxygen atoms in total. The minimum atomic E-state index is 1.02. The Kier molecular flexibility index (Phi) is 6.23. The summed E-state index contributed by atoms with van der Waals surface area (Å²) in [6.45, 7) is 1.11. The topological polar surface area (TPSA) is 3.24 Å². The molecular formula is C13H21NS3. The third kappa shape index (κ3) is 4.84. The second kappa shape index (κ2) is 7.70. The summed E-state index contributed by atoms with van der Waals surface area (Å²) in [5.41, 5.74) is 0. The predicted molar refractivity (Wildman–Crippen MR) is 84.1 cm³/mol. The van der Waals surface area contributed by atoms with Crippen molar-refractivity contribution in [2.24, 2.45) is 5.92 Å². The van der Waals surface area contributed by atoms with Crippen LogP contribution < -0.4 is 0 Å². The minimum absolute atomic E-state index is 1.02. The molecule has 1 aliphatic carbocycles. The van der Waals surface area contributed by atoms with Gasteiger partial charge >= 0.3 is 0 Å².